The second-order valence-corrected chi connectivity index (χ2v) is 9.16. The molecule has 0 spiro atoms. The number of hydrogen-bond acceptors (Lipinski definition) is 4. The number of hydrogen-bond donors (Lipinski definition) is 1. The molecular weight excluding hydrogens is 396 g/mol. The van der Waals surface area contributed by atoms with Crippen LogP contribution in [-0.4, -0.2) is 49.5 Å². The zero-order valence-electron chi connectivity index (χ0n) is 14.3. The van der Waals surface area contributed by atoms with Crippen molar-refractivity contribution in [1.29, 1.82) is 0 Å². The molecule has 24 heavy (non-hydrogen) atoms. The molecule has 0 atom stereocenters. The van der Waals surface area contributed by atoms with Crippen molar-refractivity contribution in [3.05, 3.63) is 28.7 Å². The highest BCUT2D eigenvalue weighted by Gasteiger charge is 2.45. The van der Waals surface area contributed by atoms with E-state index in [9.17, 15) is 18.0 Å². The predicted octanol–water partition coefficient (Wildman–Crippen LogP) is 1.99. The van der Waals surface area contributed by atoms with E-state index in [0.29, 0.717) is 6.54 Å². The van der Waals surface area contributed by atoms with Crippen LogP contribution in [0, 0.1) is 0 Å². The molecule has 0 aliphatic carbocycles. The first-order valence-corrected chi connectivity index (χ1v) is 9.91. The molecular formula is C16H23BrN2O4S. The first kappa shape index (κ1) is 20.6. The Kier molecular flexibility index (Phi) is 6.97. The second kappa shape index (κ2) is 8.11. The van der Waals surface area contributed by atoms with Gasteiger partial charge >= 0.3 is 0 Å². The highest BCUT2D eigenvalue weighted by Crippen LogP contribution is 2.28. The topological polar surface area (TPSA) is 83.6 Å². The molecule has 0 aliphatic rings. The van der Waals surface area contributed by atoms with Crippen molar-refractivity contribution in [2.75, 3.05) is 19.6 Å². The Morgan fingerprint density at radius 1 is 1.17 bits per heavy atom. The summed E-state index contributed by atoms with van der Waals surface area (Å²) in [5.41, 5.74) is 0. The largest absolute Gasteiger partial charge is 0.355 e. The maximum absolute atomic E-state index is 12.9. The van der Waals surface area contributed by atoms with Crippen LogP contribution >= 0.6 is 15.9 Å². The van der Waals surface area contributed by atoms with Crippen LogP contribution in [0.2, 0.25) is 0 Å². The van der Waals surface area contributed by atoms with Crippen molar-refractivity contribution in [1.82, 2.24) is 10.2 Å². The Morgan fingerprint density at radius 3 is 2.17 bits per heavy atom. The summed E-state index contributed by atoms with van der Waals surface area (Å²) >= 11 is 3.25. The van der Waals surface area contributed by atoms with Gasteiger partial charge in [-0.15, -0.1) is 0 Å². The molecule has 0 heterocycles. The van der Waals surface area contributed by atoms with Crippen molar-refractivity contribution < 1.29 is 18.0 Å². The van der Waals surface area contributed by atoms with Crippen molar-refractivity contribution in [2.45, 2.75) is 37.3 Å². The molecule has 0 saturated carbocycles. The number of rotatable bonds is 7. The van der Waals surface area contributed by atoms with Gasteiger partial charge < -0.3 is 10.2 Å². The third kappa shape index (κ3) is 4.36. The number of carbonyl (C=O) groups excluding carboxylic acids is 2. The zero-order chi connectivity index (χ0) is 18.5. The Balaban J connectivity index is 3.13. The molecule has 1 N–H and O–H groups in total. The van der Waals surface area contributed by atoms with Crippen molar-refractivity contribution in [3.63, 3.8) is 0 Å². The second-order valence-electron chi connectivity index (χ2n) is 5.74. The maximum atomic E-state index is 12.9. The predicted molar refractivity (Wildman–Crippen MR) is 96.3 cm³/mol. The zero-order valence-corrected chi connectivity index (χ0v) is 16.7. The molecule has 0 aliphatic heterocycles. The van der Waals surface area contributed by atoms with Crippen LogP contribution in [0.4, 0.5) is 0 Å². The minimum Gasteiger partial charge on any atom is -0.355 e. The van der Waals surface area contributed by atoms with E-state index in [1.165, 1.54) is 30.9 Å². The quantitative estimate of drug-likeness (QED) is 0.733. The minimum atomic E-state index is -3.90. The van der Waals surface area contributed by atoms with Gasteiger partial charge in [0.15, 0.2) is 9.84 Å². The van der Waals surface area contributed by atoms with Gasteiger partial charge in [0.2, 0.25) is 11.8 Å². The average Bonchev–Trinajstić information content (AvgIpc) is 2.52. The van der Waals surface area contributed by atoms with Gasteiger partial charge in [0.25, 0.3) is 0 Å². The van der Waals surface area contributed by atoms with E-state index in [-0.39, 0.29) is 23.9 Å². The number of sulfone groups is 1. The number of nitrogens with zero attached hydrogens (tertiary/aromatic N) is 1. The number of nitrogens with one attached hydrogen (secondary N) is 1. The number of carbonyl (C=O) groups is 2. The van der Waals surface area contributed by atoms with Crippen LogP contribution in [-0.2, 0) is 19.4 Å². The molecule has 0 bridgehead atoms. The van der Waals surface area contributed by atoms with E-state index in [2.05, 4.69) is 21.2 Å². The van der Waals surface area contributed by atoms with E-state index >= 15 is 0 Å². The first-order valence-electron chi connectivity index (χ1n) is 7.64. The SMILES string of the molecule is CCNC(=O)CN(CC)C(=O)C(C)(C)S(=O)(=O)c1ccc(Br)cc1. The van der Waals surface area contributed by atoms with Crippen LogP contribution in [0.1, 0.15) is 27.7 Å². The normalized spacial score (nSPS) is 11.9. The smallest absolute Gasteiger partial charge is 0.244 e. The lowest BCUT2D eigenvalue weighted by atomic mass is 10.1. The molecule has 1 aromatic carbocycles. The van der Waals surface area contributed by atoms with Crippen LogP contribution < -0.4 is 5.32 Å². The van der Waals surface area contributed by atoms with Gasteiger partial charge in [-0.3, -0.25) is 9.59 Å². The Hall–Kier alpha value is -1.41. The van der Waals surface area contributed by atoms with E-state index in [0.717, 1.165) is 4.47 Å². The van der Waals surface area contributed by atoms with Gasteiger partial charge in [-0.25, -0.2) is 8.42 Å². The lowest BCUT2D eigenvalue weighted by molar-refractivity contribution is -0.137. The first-order chi connectivity index (χ1) is 11.1. The van der Waals surface area contributed by atoms with Gasteiger partial charge in [-0.2, -0.15) is 0 Å². The molecule has 0 radical (unpaired) electrons. The lowest BCUT2D eigenvalue weighted by Crippen LogP contribution is -2.52. The number of halogens is 1. The third-order valence-electron chi connectivity index (χ3n) is 3.69. The van der Waals surface area contributed by atoms with Gasteiger partial charge in [-0.05, 0) is 52.0 Å². The van der Waals surface area contributed by atoms with E-state index in [4.69, 9.17) is 0 Å². The Morgan fingerprint density at radius 2 is 1.71 bits per heavy atom. The lowest BCUT2D eigenvalue weighted by Gasteiger charge is -2.30. The van der Waals surface area contributed by atoms with Crippen molar-refractivity contribution >= 4 is 37.6 Å². The van der Waals surface area contributed by atoms with Crippen LogP contribution in [0.25, 0.3) is 0 Å². The van der Waals surface area contributed by atoms with Gasteiger partial charge in [-0.1, -0.05) is 15.9 Å². The Labute approximate surface area is 151 Å². The summed E-state index contributed by atoms with van der Waals surface area (Å²) in [5.74, 6) is -0.913. The molecule has 0 aromatic heterocycles. The highest BCUT2D eigenvalue weighted by molar-refractivity contribution is 9.10. The van der Waals surface area contributed by atoms with Crippen molar-refractivity contribution in [2.24, 2.45) is 0 Å². The third-order valence-corrected chi connectivity index (χ3v) is 6.63. The summed E-state index contributed by atoms with van der Waals surface area (Å²) in [4.78, 5) is 25.8. The standard InChI is InChI=1S/C16H23BrN2O4S/c1-5-18-14(20)11-19(6-2)15(21)16(3,4)24(22,23)13-9-7-12(17)8-10-13/h7-10H,5-6,11H2,1-4H3,(H,18,20). The van der Waals surface area contributed by atoms with Crippen LogP contribution in [0.15, 0.2) is 33.6 Å². The molecule has 8 heteroatoms. The fourth-order valence-electron chi connectivity index (χ4n) is 2.16. The molecule has 2 amide bonds. The molecule has 134 valence electrons. The van der Waals surface area contributed by atoms with E-state index in [1.54, 1.807) is 26.0 Å². The fourth-order valence-corrected chi connectivity index (χ4v) is 3.86. The summed E-state index contributed by atoms with van der Waals surface area (Å²) < 4.78 is 24.8. The summed E-state index contributed by atoms with van der Waals surface area (Å²) in [7, 11) is -3.90. The average molecular weight is 419 g/mol. The van der Waals surface area contributed by atoms with Gasteiger partial charge in [0.05, 0.1) is 11.4 Å². The van der Waals surface area contributed by atoms with Gasteiger partial charge in [0, 0.05) is 17.6 Å². The van der Waals surface area contributed by atoms with Gasteiger partial charge in [0.1, 0.15) is 4.75 Å². The van der Waals surface area contributed by atoms with E-state index in [1.807, 2.05) is 0 Å². The van der Waals surface area contributed by atoms with Crippen molar-refractivity contribution in [3.8, 4) is 0 Å². The molecule has 6 nitrogen and oxygen atoms in total. The summed E-state index contributed by atoms with van der Waals surface area (Å²) in [6, 6.07) is 6.13. The molecule has 0 fully saturated rings. The monoisotopic (exact) mass is 418 g/mol. The Bertz CT molecular complexity index is 699. The molecule has 0 unspecified atom stereocenters. The molecule has 1 aromatic rings. The van der Waals surface area contributed by atoms with Crippen LogP contribution in [0.3, 0.4) is 0 Å². The van der Waals surface area contributed by atoms with E-state index < -0.39 is 20.5 Å². The minimum absolute atomic E-state index is 0.0677. The number of benzene rings is 1. The summed E-state index contributed by atoms with van der Waals surface area (Å²) in [5, 5.41) is 2.61. The molecule has 0 saturated heterocycles. The fraction of sp³-hybridized carbons (Fsp3) is 0.500. The number of likely N-dealkylation sites (N-methyl/N-ethyl adjacent to an activating group) is 2. The number of amides is 2. The summed E-state index contributed by atoms with van der Waals surface area (Å²) in [6.45, 7) is 6.75. The van der Waals surface area contributed by atoms with Crippen LogP contribution in [0.5, 0.6) is 0 Å². The molecule has 1 rings (SSSR count). The maximum Gasteiger partial charge on any atom is 0.244 e. The summed E-state index contributed by atoms with van der Waals surface area (Å²) in [6.07, 6.45) is 0. The highest BCUT2D eigenvalue weighted by atomic mass is 79.9.